The molecule has 1 amide bonds. The van der Waals surface area contributed by atoms with Gasteiger partial charge < -0.3 is 10.2 Å². The molecule has 124 valence electrons. The van der Waals surface area contributed by atoms with Crippen molar-refractivity contribution in [1.82, 2.24) is 15.3 Å². The highest BCUT2D eigenvalue weighted by Crippen LogP contribution is 2.20. The first kappa shape index (κ1) is 16.2. The van der Waals surface area contributed by atoms with Crippen LogP contribution in [-0.2, 0) is 4.79 Å². The molecule has 5 heteroatoms. The SMILES string of the molecule is O=C(C=Cc1ccccc1)NCC1CCN(c2cnccn2)CC1. The van der Waals surface area contributed by atoms with Crippen molar-refractivity contribution in [1.29, 1.82) is 0 Å². The number of hydrogen-bond acceptors (Lipinski definition) is 4. The first-order chi connectivity index (χ1) is 11.8. The van der Waals surface area contributed by atoms with Crippen molar-refractivity contribution in [3.05, 3.63) is 60.6 Å². The number of hydrogen-bond donors (Lipinski definition) is 1. The van der Waals surface area contributed by atoms with Crippen LogP contribution in [-0.4, -0.2) is 35.5 Å². The fourth-order valence-corrected chi connectivity index (χ4v) is 2.86. The zero-order valence-electron chi connectivity index (χ0n) is 13.6. The van der Waals surface area contributed by atoms with E-state index in [1.807, 2.05) is 36.4 Å². The lowest BCUT2D eigenvalue weighted by atomic mass is 9.97. The third-order valence-corrected chi connectivity index (χ3v) is 4.28. The normalized spacial score (nSPS) is 15.6. The van der Waals surface area contributed by atoms with Crippen LogP contribution in [0.3, 0.4) is 0 Å². The van der Waals surface area contributed by atoms with Crippen LogP contribution in [0.2, 0.25) is 0 Å². The first-order valence-electron chi connectivity index (χ1n) is 8.33. The summed E-state index contributed by atoms with van der Waals surface area (Å²) < 4.78 is 0. The minimum Gasteiger partial charge on any atom is -0.355 e. The highest BCUT2D eigenvalue weighted by Gasteiger charge is 2.20. The van der Waals surface area contributed by atoms with Crippen molar-refractivity contribution in [3.8, 4) is 0 Å². The number of rotatable bonds is 5. The van der Waals surface area contributed by atoms with Gasteiger partial charge in [0.05, 0.1) is 6.20 Å². The van der Waals surface area contributed by atoms with Crippen LogP contribution in [0.25, 0.3) is 6.08 Å². The van der Waals surface area contributed by atoms with Crippen molar-refractivity contribution in [2.75, 3.05) is 24.5 Å². The summed E-state index contributed by atoms with van der Waals surface area (Å²) in [5, 5.41) is 3.00. The van der Waals surface area contributed by atoms with Crippen LogP contribution in [0.5, 0.6) is 0 Å². The van der Waals surface area contributed by atoms with Crippen molar-refractivity contribution in [2.24, 2.45) is 5.92 Å². The van der Waals surface area contributed by atoms with Gasteiger partial charge in [0.25, 0.3) is 0 Å². The molecule has 0 spiro atoms. The van der Waals surface area contributed by atoms with Crippen molar-refractivity contribution in [3.63, 3.8) is 0 Å². The summed E-state index contributed by atoms with van der Waals surface area (Å²) in [6, 6.07) is 9.84. The molecule has 1 N–H and O–H groups in total. The second kappa shape index (κ2) is 8.24. The lowest BCUT2D eigenvalue weighted by Gasteiger charge is -2.32. The molecule has 2 aromatic rings. The van der Waals surface area contributed by atoms with Gasteiger partial charge in [-0.25, -0.2) is 4.98 Å². The third-order valence-electron chi connectivity index (χ3n) is 4.28. The highest BCUT2D eigenvalue weighted by atomic mass is 16.1. The molecule has 24 heavy (non-hydrogen) atoms. The van der Waals surface area contributed by atoms with Gasteiger partial charge in [-0.2, -0.15) is 0 Å². The quantitative estimate of drug-likeness (QED) is 0.860. The minimum atomic E-state index is -0.0322. The van der Waals surface area contributed by atoms with Crippen LogP contribution in [0.15, 0.2) is 55.0 Å². The summed E-state index contributed by atoms with van der Waals surface area (Å²) in [5.74, 6) is 1.42. The molecule has 1 aliphatic heterocycles. The van der Waals surface area contributed by atoms with E-state index in [4.69, 9.17) is 0 Å². The van der Waals surface area contributed by atoms with E-state index in [1.54, 1.807) is 24.7 Å². The summed E-state index contributed by atoms with van der Waals surface area (Å²) >= 11 is 0. The predicted molar refractivity (Wildman–Crippen MR) is 95.5 cm³/mol. The number of aromatic nitrogens is 2. The second-order valence-corrected chi connectivity index (χ2v) is 5.98. The molecule has 0 aliphatic carbocycles. The van der Waals surface area contributed by atoms with E-state index in [9.17, 15) is 4.79 Å². The van der Waals surface area contributed by atoms with Gasteiger partial charge in [-0.05, 0) is 30.4 Å². The van der Waals surface area contributed by atoms with Crippen molar-refractivity contribution >= 4 is 17.8 Å². The molecule has 0 unspecified atom stereocenters. The van der Waals surface area contributed by atoms with Crippen LogP contribution < -0.4 is 10.2 Å². The summed E-state index contributed by atoms with van der Waals surface area (Å²) in [6.45, 7) is 2.64. The Morgan fingerprint density at radius 3 is 2.71 bits per heavy atom. The Balaban J connectivity index is 1.40. The van der Waals surface area contributed by atoms with E-state index < -0.39 is 0 Å². The zero-order chi connectivity index (χ0) is 16.6. The average Bonchev–Trinajstić information content (AvgIpc) is 2.67. The smallest absolute Gasteiger partial charge is 0.244 e. The molecule has 1 aromatic carbocycles. The molecule has 1 aliphatic rings. The highest BCUT2D eigenvalue weighted by molar-refractivity contribution is 5.91. The Kier molecular flexibility index (Phi) is 5.56. The van der Waals surface area contributed by atoms with Gasteiger partial charge in [0.1, 0.15) is 5.82 Å². The Bertz CT molecular complexity index is 664. The van der Waals surface area contributed by atoms with Crippen LogP contribution in [0.1, 0.15) is 18.4 Å². The minimum absolute atomic E-state index is 0.0322. The topological polar surface area (TPSA) is 58.1 Å². The van der Waals surface area contributed by atoms with E-state index >= 15 is 0 Å². The number of anilines is 1. The maximum atomic E-state index is 11.9. The Hall–Kier alpha value is -2.69. The van der Waals surface area contributed by atoms with Gasteiger partial charge in [-0.15, -0.1) is 0 Å². The van der Waals surface area contributed by atoms with Gasteiger partial charge in [0, 0.05) is 38.1 Å². The maximum Gasteiger partial charge on any atom is 0.244 e. The molecule has 3 rings (SSSR count). The number of nitrogens with zero attached hydrogens (tertiary/aromatic N) is 3. The first-order valence-corrected chi connectivity index (χ1v) is 8.33. The van der Waals surface area contributed by atoms with E-state index in [2.05, 4.69) is 20.2 Å². The molecule has 2 heterocycles. The van der Waals surface area contributed by atoms with Gasteiger partial charge in [-0.3, -0.25) is 9.78 Å². The van der Waals surface area contributed by atoms with Crippen LogP contribution in [0, 0.1) is 5.92 Å². The fraction of sp³-hybridized carbons (Fsp3) is 0.316. The van der Waals surface area contributed by atoms with Gasteiger partial charge in [0.2, 0.25) is 5.91 Å². The van der Waals surface area contributed by atoms with Crippen LogP contribution >= 0.6 is 0 Å². The standard InChI is InChI=1S/C19H22N4O/c24-19(7-6-16-4-2-1-3-5-16)22-14-17-8-12-23(13-9-17)18-15-20-10-11-21-18/h1-7,10-11,15,17H,8-9,12-14H2,(H,22,24). The number of carbonyl (C=O) groups is 1. The molecule has 0 saturated carbocycles. The van der Waals surface area contributed by atoms with Crippen molar-refractivity contribution in [2.45, 2.75) is 12.8 Å². The molecular weight excluding hydrogens is 300 g/mol. The maximum absolute atomic E-state index is 11.9. The van der Waals surface area contributed by atoms with E-state index in [1.165, 1.54) is 0 Å². The number of carbonyl (C=O) groups excluding carboxylic acids is 1. The van der Waals surface area contributed by atoms with Gasteiger partial charge in [0.15, 0.2) is 0 Å². The molecule has 1 saturated heterocycles. The lowest BCUT2D eigenvalue weighted by molar-refractivity contribution is -0.116. The van der Waals surface area contributed by atoms with Gasteiger partial charge in [-0.1, -0.05) is 30.3 Å². The lowest BCUT2D eigenvalue weighted by Crippen LogP contribution is -2.38. The largest absolute Gasteiger partial charge is 0.355 e. The molecule has 1 aromatic heterocycles. The molecule has 1 fully saturated rings. The Labute approximate surface area is 142 Å². The number of piperidine rings is 1. The van der Waals surface area contributed by atoms with E-state index in [0.717, 1.165) is 43.9 Å². The zero-order valence-corrected chi connectivity index (χ0v) is 13.6. The molecule has 5 nitrogen and oxygen atoms in total. The number of nitrogens with one attached hydrogen (secondary N) is 1. The molecule has 0 radical (unpaired) electrons. The monoisotopic (exact) mass is 322 g/mol. The Morgan fingerprint density at radius 2 is 2.00 bits per heavy atom. The summed E-state index contributed by atoms with van der Waals surface area (Å²) in [6.07, 6.45) is 10.8. The number of amides is 1. The molecule has 0 atom stereocenters. The van der Waals surface area contributed by atoms with Crippen LogP contribution in [0.4, 0.5) is 5.82 Å². The second-order valence-electron chi connectivity index (χ2n) is 5.98. The van der Waals surface area contributed by atoms with E-state index in [0.29, 0.717) is 5.92 Å². The molecule has 0 bridgehead atoms. The summed E-state index contributed by atoms with van der Waals surface area (Å²) in [4.78, 5) is 22.6. The summed E-state index contributed by atoms with van der Waals surface area (Å²) in [5.41, 5.74) is 1.03. The average molecular weight is 322 g/mol. The van der Waals surface area contributed by atoms with E-state index in [-0.39, 0.29) is 5.91 Å². The molecular formula is C19H22N4O. The third kappa shape index (κ3) is 4.65. The fourth-order valence-electron chi connectivity index (χ4n) is 2.86. The van der Waals surface area contributed by atoms with Crippen molar-refractivity contribution < 1.29 is 4.79 Å². The summed E-state index contributed by atoms with van der Waals surface area (Å²) in [7, 11) is 0. The number of benzene rings is 1. The Morgan fingerprint density at radius 1 is 1.21 bits per heavy atom. The van der Waals surface area contributed by atoms with Gasteiger partial charge >= 0.3 is 0 Å². The predicted octanol–water partition coefficient (Wildman–Crippen LogP) is 2.52.